The van der Waals surface area contributed by atoms with Gasteiger partial charge in [0.05, 0.1) is 26.9 Å². The Morgan fingerprint density at radius 3 is 1.81 bits per heavy atom. The number of carbonyl (C=O) groups is 7. The van der Waals surface area contributed by atoms with Crippen LogP contribution in [0.4, 0.5) is 27.2 Å². The summed E-state index contributed by atoms with van der Waals surface area (Å²) in [5, 5.41) is 2.43. The maximum Gasteiger partial charge on any atom is 0.411 e. The van der Waals surface area contributed by atoms with E-state index in [1.807, 2.05) is 0 Å². The molecule has 1 N–H and O–H groups in total. The number of ether oxygens (including phenoxy) is 6. The van der Waals surface area contributed by atoms with Crippen molar-refractivity contribution in [2.75, 3.05) is 46.6 Å². The topological polar surface area (TPSA) is 193 Å². The van der Waals surface area contributed by atoms with E-state index in [0.717, 1.165) is 36.3 Å². The fourth-order valence-electron chi connectivity index (χ4n) is 7.81. The monoisotopic (exact) mass is 877 g/mol. The molecule has 3 fully saturated rings. The Kier molecular flexibility index (Phi) is 12.8. The number of benzene rings is 2. The number of rotatable bonds is 11. The maximum atomic E-state index is 15.8. The first kappa shape index (κ1) is 45.9. The van der Waals surface area contributed by atoms with Crippen molar-refractivity contribution >= 4 is 41.6 Å². The Balaban J connectivity index is 1.15. The number of hydrogen-bond donors (Lipinski definition) is 1. The summed E-state index contributed by atoms with van der Waals surface area (Å²) in [6.07, 6.45) is -1.15. The van der Waals surface area contributed by atoms with Gasteiger partial charge in [-0.05, 0) is 62.8 Å². The smallest absolute Gasteiger partial charge is 0.411 e. The Morgan fingerprint density at radius 2 is 1.32 bits per heavy atom. The van der Waals surface area contributed by atoms with Crippen LogP contribution in [0.2, 0.25) is 0 Å². The summed E-state index contributed by atoms with van der Waals surface area (Å²) in [5.74, 6) is -16.3. The second-order valence-electron chi connectivity index (χ2n) is 16.7. The van der Waals surface area contributed by atoms with E-state index in [2.05, 4.69) is 10.1 Å². The maximum absolute atomic E-state index is 15.8. The number of amides is 3. The second-order valence-corrected chi connectivity index (χ2v) is 16.7. The lowest BCUT2D eigenvalue weighted by atomic mass is 9.79. The SMILES string of the molecule is COC(=O)N[C@H](C(=O)N1CC2(C[C@H]1C(=O)OCC(=O)c1ccc3c(c1)C(F)(F)C(F)(F)c1cc(C(=O)COC(=O)[C@@H]4CCCN4C(=O)OC(C)(C)C)ccc1-3)OCCO2)C(C)C. The molecule has 3 atom stereocenters. The highest BCUT2D eigenvalue weighted by Gasteiger charge is 2.63. The molecule has 336 valence electrons. The Hall–Kier alpha value is -5.63. The second kappa shape index (κ2) is 17.3. The van der Waals surface area contributed by atoms with Crippen LogP contribution in [0, 0.1) is 5.92 Å². The van der Waals surface area contributed by atoms with Crippen molar-refractivity contribution in [2.45, 2.75) is 95.2 Å². The molecule has 2 aromatic rings. The molecule has 4 aliphatic rings. The van der Waals surface area contributed by atoms with Crippen LogP contribution in [0.1, 0.15) is 85.7 Å². The van der Waals surface area contributed by atoms with Crippen LogP contribution in [-0.4, -0.2) is 128 Å². The Morgan fingerprint density at radius 1 is 0.806 bits per heavy atom. The number of halogens is 4. The van der Waals surface area contributed by atoms with E-state index >= 15 is 17.6 Å². The fraction of sp³-hybridized carbons (Fsp3) is 0.548. The summed E-state index contributed by atoms with van der Waals surface area (Å²) in [5.41, 5.74) is -4.87. The van der Waals surface area contributed by atoms with Gasteiger partial charge in [0, 0.05) is 35.2 Å². The standard InChI is InChI=1S/C42H47F4N3O13/c1-22(2)33(47-37(55)57-6)34(52)49-21-40(60-14-15-61-40)18-30(49)36(54)59-20-32(51)24-10-12-26-25-11-9-23(16-27(25)41(43,44)42(45,46)28(26)17-24)31(50)19-58-35(53)29-8-7-13-48(29)38(56)62-39(3,4)5/h9-12,16-17,22,29-30,33H,7-8,13-15,18-21H2,1-6H3,(H,47,55)/t29-,30-,33-/m0/s1. The van der Waals surface area contributed by atoms with Gasteiger partial charge >= 0.3 is 36.0 Å². The molecular weight excluding hydrogens is 830 g/mol. The van der Waals surface area contributed by atoms with E-state index in [4.69, 9.17) is 23.7 Å². The largest absolute Gasteiger partial charge is 0.456 e. The van der Waals surface area contributed by atoms with Gasteiger partial charge in [0.25, 0.3) is 0 Å². The summed E-state index contributed by atoms with van der Waals surface area (Å²) in [6, 6.07) is 1.90. The molecule has 0 unspecified atom stereocenters. The molecule has 3 saturated heterocycles. The number of alkyl halides is 4. The zero-order chi connectivity index (χ0) is 45.5. The molecule has 6 rings (SSSR count). The zero-order valence-corrected chi connectivity index (χ0v) is 34.9. The van der Waals surface area contributed by atoms with Crippen molar-refractivity contribution in [1.29, 1.82) is 0 Å². The fourth-order valence-corrected chi connectivity index (χ4v) is 7.81. The van der Waals surface area contributed by atoms with Gasteiger partial charge in [0.2, 0.25) is 5.91 Å². The minimum absolute atomic E-state index is 0.165. The van der Waals surface area contributed by atoms with Crippen molar-refractivity contribution < 1.29 is 79.5 Å². The Bertz CT molecular complexity index is 2150. The normalized spacial score (nSPS) is 21.1. The molecular formula is C42H47F4N3O13. The number of likely N-dealkylation sites (tertiary alicyclic amines) is 2. The number of esters is 2. The molecule has 2 aromatic carbocycles. The molecule has 3 aliphatic heterocycles. The first-order valence-electron chi connectivity index (χ1n) is 19.9. The number of nitrogens with one attached hydrogen (secondary N) is 1. The highest BCUT2D eigenvalue weighted by Crippen LogP contribution is 2.58. The van der Waals surface area contributed by atoms with Crippen LogP contribution in [0.25, 0.3) is 11.1 Å². The number of Topliss-reactive ketones (excluding diaryl/α,β-unsaturated/α-hetero) is 2. The average Bonchev–Trinajstić information content (AvgIpc) is 3.99. The van der Waals surface area contributed by atoms with Crippen LogP contribution in [0.15, 0.2) is 36.4 Å². The van der Waals surface area contributed by atoms with E-state index in [0.29, 0.717) is 18.6 Å². The van der Waals surface area contributed by atoms with Crippen LogP contribution >= 0.6 is 0 Å². The summed E-state index contributed by atoms with van der Waals surface area (Å²) in [7, 11) is 1.11. The predicted octanol–water partition coefficient (Wildman–Crippen LogP) is 5.13. The summed E-state index contributed by atoms with van der Waals surface area (Å²) >= 11 is 0. The summed E-state index contributed by atoms with van der Waals surface area (Å²) in [6.45, 7) is 6.62. The molecule has 3 amide bonds. The number of hydrogen-bond acceptors (Lipinski definition) is 13. The van der Waals surface area contributed by atoms with Gasteiger partial charge in [-0.1, -0.05) is 38.1 Å². The molecule has 0 aromatic heterocycles. The number of carbonyl (C=O) groups excluding carboxylic acids is 7. The molecule has 0 bridgehead atoms. The molecule has 62 heavy (non-hydrogen) atoms. The van der Waals surface area contributed by atoms with Gasteiger partial charge in [-0.3, -0.25) is 19.3 Å². The summed E-state index contributed by atoms with van der Waals surface area (Å²) < 4.78 is 95.0. The quantitative estimate of drug-likeness (QED) is 0.135. The van der Waals surface area contributed by atoms with Gasteiger partial charge < -0.3 is 38.6 Å². The number of ketones is 2. The highest BCUT2D eigenvalue weighted by atomic mass is 19.3. The first-order valence-corrected chi connectivity index (χ1v) is 19.9. The van der Waals surface area contributed by atoms with Gasteiger partial charge in [-0.25, -0.2) is 19.2 Å². The number of methoxy groups -OCH3 is 1. The number of alkyl carbamates (subject to hydrolysis) is 1. The lowest BCUT2D eigenvalue weighted by Gasteiger charge is -2.35. The third kappa shape index (κ3) is 8.97. The van der Waals surface area contributed by atoms with Crippen molar-refractivity contribution in [3.05, 3.63) is 58.7 Å². The van der Waals surface area contributed by atoms with Crippen molar-refractivity contribution in [3.63, 3.8) is 0 Å². The molecule has 20 heteroatoms. The minimum Gasteiger partial charge on any atom is -0.456 e. The predicted molar refractivity (Wildman–Crippen MR) is 205 cm³/mol. The van der Waals surface area contributed by atoms with Crippen molar-refractivity contribution in [1.82, 2.24) is 15.1 Å². The van der Waals surface area contributed by atoms with E-state index in [1.165, 1.54) is 4.90 Å². The highest BCUT2D eigenvalue weighted by molar-refractivity contribution is 6.01. The lowest BCUT2D eigenvalue weighted by molar-refractivity contribution is -0.225. The third-order valence-electron chi connectivity index (χ3n) is 10.9. The molecule has 0 saturated carbocycles. The molecule has 1 aliphatic carbocycles. The van der Waals surface area contributed by atoms with E-state index in [-0.39, 0.29) is 50.3 Å². The molecule has 0 radical (unpaired) electrons. The lowest BCUT2D eigenvalue weighted by Crippen LogP contribution is -2.54. The van der Waals surface area contributed by atoms with Crippen LogP contribution < -0.4 is 5.32 Å². The molecule has 1 spiro atoms. The Labute approximate surface area is 353 Å². The zero-order valence-electron chi connectivity index (χ0n) is 34.9. The van der Waals surface area contributed by atoms with Crippen molar-refractivity contribution in [3.8, 4) is 11.1 Å². The van der Waals surface area contributed by atoms with Crippen LogP contribution in [-0.2, 0) is 54.6 Å². The average molecular weight is 878 g/mol. The third-order valence-corrected chi connectivity index (χ3v) is 10.9. The van der Waals surface area contributed by atoms with Gasteiger partial charge in [-0.2, -0.15) is 17.6 Å². The van der Waals surface area contributed by atoms with Gasteiger partial charge in [0.15, 0.2) is 30.6 Å². The number of fused-ring (bicyclic) bond motifs is 3. The van der Waals surface area contributed by atoms with Gasteiger partial charge in [0.1, 0.15) is 23.7 Å². The van der Waals surface area contributed by atoms with Crippen LogP contribution in [0.5, 0.6) is 0 Å². The molecule has 16 nitrogen and oxygen atoms in total. The first-order chi connectivity index (χ1) is 29.0. The number of nitrogens with zero attached hydrogens (tertiary/aromatic N) is 2. The molecule has 3 heterocycles. The minimum atomic E-state index is -4.91. The van der Waals surface area contributed by atoms with E-state index < -0.39 is 124 Å². The van der Waals surface area contributed by atoms with E-state index in [9.17, 15) is 33.6 Å². The van der Waals surface area contributed by atoms with Gasteiger partial charge in [-0.15, -0.1) is 0 Å². The van der Waals surface area contributed by atoms with Crippen LogP contribution in [0.3, 0.4) is 0 Å². The van der Waals surface area contributed by atoms with Crippen molar-refractivity contribution in [2.24, 2.45) is 5.92 Å². The summed E-state index contributed by atoms with van der Waals surface area (Å²) in [4.78, 5) is 93.3. The van der Waals surface area contributed by atoms with E-state index in [1.54, 1.807) is 34.6 Å².